The molecule has 0 spiro atoms. The maximum atomic E-state index is 15.6. The zero-order valence-electron chi connectivity index (χ0n) is 26.1. The molecule has 5 rings (SSSR count). The van der Waals surface area contributed by atoms with Gasteiger partial charge in [0.05, 0.1) is 11.1 Å². The largest absolute Gasteiger partial charge is 0.451 e. The van der Waals surface area contributed by atoms with Crippen LogP contribution in [0.5, 0.6) is 11.5 Å². The van der Waals surface area contributed by atoms with Crippen LogP contribution >= 0.6 is 11.6 Å². The molecule has 234 valence electrons. The first-order chi connectivity index (χ1) is 20.6. The van der Waals surface area contributed by atoms with E-state index in [9.17, 15) is 9.59 Å². The third-order valence-electron chi connectivity index (χ3n) is 8.29. The van der Waals surface area contributed by atoms with Crippen LogP contribution in [-0.4, -0.2) is 72.1 Å². The molecule has 1 atom stereocenters. The van der Waals surface area contributed by atoms with Crippen LogP contribution in [0.2, 0.25) is 5.02 Å². The van der Waals surface area contributed by atoms with E-state index >= 15 is 4.39 Å². The van der Waals surface area contributed by atoms with Gasteiger partial charge >= 0.3 is 0 Å². The smallest absolute Gasteiger partial charge is 0.254 e. The van der Waals surface area contributed by atoms with Crippen LogP contribution in [0.25, 0.3) is 16.6 Å². The Kier molecular flexibility index (Phi) is 11.1. The molecule has 3 aromatic rings. The normalized spacial score (nSPS) is 15.1. The average molecular weight is 614 g/mol. The van der Waals surface area contributed by atoms with Crippen molar-refractivity contribution in [2.75, 3.05) is 50.7 Å². The molecule has 2 aliphatic rings. The van der Waals surface area contributed by atoms with Crippen molar-refractivity contribution in [1.82, 2.24) is 14.4 Å². The number of piperazine rings is 1. The fourth-order valence-corrected chi connectivity index (χ4v) is 6.14. The van der Waals surface area contributed by atoms with E-state index in [0.717, 1.165) is 19.5 Å². The molecule has 1 amide bonds. The first kappa shape index (κ1) is 32.8. The Bertz CT molecular complexity index is 1490. The predicted molar refractivity (Wildman–Crippen MR) is 174 cm³/mol. The second-order valence-electron chi connectivity index (χ2n) is 11.4. The second kappa shape index (κ2) is 14.6. The van der Waals surface area contributed by atoms with Gasteiger partial charge < -0.3 is 24.8 Å². The van der Waals surface area contributed by atoms with E-state index < -0.39 is 17.2 Å². The van der Waals surface area contributed by atoms with Gasteiger partial charge in [0.1, 0.15) is 16.8 Å². The predicted octanol–water partition coefficient (Wildman–Crippen LogP) is 6.43. The quantitative estimate of drug-likeness (QED) is 0.222. The molecule has 1 fully saturated rings. The SMILES string of the molecule is CCC(C)N1CCN(c2c(F)cc3c(=O)c(C(N)=O)cn4c3c2Oc2ccc(Cl)cc2-4)CC1.CCCN(CCC)CCC. The van der Waals surface area contributed by atoms with Crippen LogP contribution in [-0.2, 0) is 0 Å². The number of nitrogens with two attached hydrogens (primary N) is 1. The van der Waals surface area contributed by atoms with Crippen LogP contribution in [0.1, 0.15) is 70.7 Å². The lowest BCUT2D eigenvalue weighted by Crippen LogP contribution is -2.49. The van der Waals surface area contributed by atoms with Crippen molar-refractivity contribution in [2.24, 2.45) is 5.73 Å². The molecule has 1 unspecified atom stereocenters. The van der Waals surface area contributed by atoms with Gasteiger partial charge in [0.25, 0.3) is 5.91 Å². The van der Waals surface area contributed by atoms with Gasteiger partial charge in [0, 0.05) is 43.4 Å². The Balaban J connectivity index is 0.000000365. The molecule has 0 bridgehead atoms. The Morgan fingerprint density at radius 3 is 2.23 bits per heavy atom. The highest BCUT2D eigenvalue weighted by atomic mass is 35.5. The molecule has 0 saturated carbocycles. The second-order valence-corrected chi connectivity index (χ2v) is 11.8. The first-order valence-corrected chi connectivity index (χ1v) is 15.9. The minimum absolute atomic E-state index is 0.0337. The maximum Gasteiger partial charge on any atom is 0.254 e. The third kappa shape index (κ3) is 7.00. The van der Waals surface area contributed by atoms with Crippen LogP contribution in [0.15, 0.2) is 35.3 Å². The number of amides is 1. The summed E-state index contributed by atoms with van der Waals surface area (Å²) in [4.78, 5) is 31.9. The number of nitrogens with zero attached hydrogens (tertiary/aromatic N) is 4. The van der Waals surface area contributed by atoms with Crippen LogP contribution in [0.4, 0.5) is 10.1 Å². The number of rotatable bonds is 10. The lowest BCUT2D eigenvalue weighted by Gasteiger charge is -2.40. The Hall–Kier alpha value is -3.14. The summed E-state index contributed by atoms with van der Waals surface area (Å²) in [5.74, 6) is -0.757. The molecule has 2 aromatic carbocycles. The van der Waals surface area contributed by atoms with Gasteiger partial charge in [-0.05, 0) is 76.5 Å². The molecule has 2 N–H and O–H groups in total. The van der Waals surface area contributed by atoms with E-state index in [2.05, 4.69) is 44.4 Å². The van der Waals surface area contributed by atoms with E-state index in [1.165, 1.54) is 51.2 Å². The Labute approximate surface area is 259 Å². The van der Waals surface area contributed by atoms with E-state index in [-0.39, 0.29) is 16.7 Å². The molecule has 1 saturated heterocycles. The number of pyridine rings is 1. The number of fused-ring (bicyclic) bond motifs is 2. The summed E-state index contributed by atoms with van der Waals surface area (Å²) >= 11 is 6.21. The number of benzene rings is 2. The number of carbonyl (C=O) groups is 1. The summed E-state index contributed by atoms with van der Waals surface area (Å²) < 4.78 is 23.4. The number of anilines is 1. The number of carbonyl (C=O) groups excluding carboxylic acids is 1. The van der Waals surface area contributed by atoms with E-state index in [4.69, 9.17) is 22.1 Å². The topological polar surface area (TPSA) is 84.0 Å². The number of primary amides is 1. The lowest BCUT2D eigenvalue weighted by atomic mass is 10.0. The number of hydrogen-bond donors (Lipinski definition) is 1. The molecule has 3 heterocycles. The molecular formula is C33H45ClFN5O3. The number of ether oxygens (including phenoxy) is 1. The highest BCUT2D eigenvalue weighted by molar-refractivity contribution is 6.30. The van der Waals surface area contributed by atoms with Crippen molar-refractivity contribution in [3.8, 4) is 17.2 Å². The molecule has 10 heteroatoms. The molecule has 1 aromatic heterocycles. The summed E-state index contributed by atoms with van der Waals surface area (Å²) in [6, 6.07) is 6.66. The van der Waals surface area contributed by atoms with Gasteiger partial charge in [0.15, 0.2) is 17.3 Å². The highest BCUT2D eigenvalue weighted by Crippen LogP contribution is 2.47. The Morgan fingerprint density at radius 1 is 1.05 bits per heavy atom. The molecule has 2 aliphatic heterocycles. The van der Waals surface area contributed by atoms with Crippen LogP contribution in [0, 0.1) is 5.82 Å². The standard InChI is InChI=1S/C24H24ClFN4O3.C9H21N/c1-3-13(2)28-6-8-29(9-7-28)21-17(26)11-15-20-23(21)33-19-5-4-14(25)10-18(19)30(20)12-16(22(15)31)24(27)32;1-4-7-10(8-5-2)9-6-3/h4-5,10-13H,3,6-9H2,1-2H3,(H2,27,32);4-9H2,1-3H3. The van der Waals surface area contributed by atoms with Crippen LogP contribution in [0.3, 0.4) is 0 Å². The first-order valence-electron chi connectivity index (χ1n) is 15.6. The summed E-state index contributed by atoms with van der Waals surface area (Å²) in [6.45, 7) is 17.8. The van der Waals surface area contributed by atoms with E-state index in [1.807, 2.05) is 4.90 Å². The van der Waals surface area contributed by atoms with Gasteiger partial charge in [-0.1, -0.05) is 39.3 Å². The fourth-order valence-electron chi connectivity index (χ4n) is 5.98. The highest BCUT2D eigenvalue weighted by Gasteiger charge is 2.32. The molecule has 0 radical (unpaired) electrons. The number of aromatic nitrogens is 1. The molecule has 43 heavy (non-hydrogen) atoms. The van der Waals surface area contributed by atoms with E-state index in [0.29, 0.717) is 46.8 Å². The summed E-state index contributed by atoms with van der Waals surface area (Å²) in [5, 5.41) is 0.489. The minimum Gasteiger partial charge on any atom is -0.451 e. The maximum absolute atomic E-state index is 15.6. The fraction of sp³-hybridized carbons (Fsp3) is 0.515. The molecule has 8 nitrogen and oxygen atoms in total. The molecule has 0 aliphatic carbocycles. The van der Waals surface area contributed by atoms with Crippen molar-refractivity contribution in [3.63, 3.8) is 0 Å². The van der Waals surface area contributed by atoms with Crippen molar-refractivity contribution in [1.29, 1.82) is 0 Å². The monoisotopic (exact) mass is 613 g/mol. The zero-order valence-corrected chi connectivity index (χ0v) is 26.8. The zero-order chi connectivity index (χ0) is 31.3. The number of halogens is 2. The average Bonchev–Trinajstić information content (AvgIpc) is 2.99. The van der Waals surface area contributed by atoms with Crippen molar-refractivity contribution in [3.05, 3.63) is 57.1 Å². The Morgan fingerprint density at radius 2 is 1.67 bits per heavy atom. The van der Waals surface area contributed by atoms with Gasteiger partial charge in [-0.25, -0.2) is 4.39 Å². The van der Waals surface area contributed by atoms with Crippen molar-refractivity contribution >= 4 is 34.1 Å². The molecular weight excluding hydrogens is 569 g/mol. The van der Waals surface area contributed by atoms with Crippen LogP contribution < -0.4 is 20.8 Å². The van der Waals surface area contributed by atoms with Gasteiger partial charge in [0.2, 0.25) is 5.43 Å². The van der Waals surface area contributed by atoms with Gasteiger partial charge in [-0.3, -0.25) is 14.5 Å². The van der Waals surface area contributed by atoms with Crippen molar-refractivity contribution in [2.45, 2.75) is 66.3 Å². The van der Waals surface area contributed by atoms with Gasteiger partial charge in [-0.2, -0.15) is 0 Å². The third-order valence-corrected chi connectivity index (χ3v) is 8.53. The lowest BCUT2D eigenvalue weighted by molar-refractivity contribution is 0.0999. The summed E-state index contributed by atoms with van der Waals surface area (Å²) in [5.41, 5.74) is 5.84. The van der Waals surface area contributed by atoms with Gasteiger partial charge in [-0.15, -0.1) is 0 Å². The summed E-state index contributed by atoms with van der Waals surface area (Å²) in [7, 11) is 0. The minimum atomic E-state index is -0.882. The summed E-state index contributed by atoms with van der Waals surface area (Å²) in [6.07, 6.45) is 6.31. The van der Waals surface area contributed by atoms with E-state index in [1.54, 1.807) is 22.8 Å². The number of hydrogen-bond acceptors (Lipinski definition) is 6. The van der Waals surface area contributed by atoms with Crippen molar-refractivity contribution < 1.29 is 13.9 Å².